The van der Waals surface area contributed by atoms with Crippen molar-refractivity contribution >= 4 is 49.3 Å². The minimum atomic E-state index is 0.136. The molecule has 0 aliphatic heterocycles. The van der Waals surface area contributed by atoms with Gasteiger partial charge in [-0.2, -0.15) is 0 Å². The molecule has 0 aliphatic carbocycles. The molecule has 0 aliphatic rings. The number of anilines is 1. The molecule has 16 heavy (non-hydrogen) atoms. The molecule has 1 aromatic rings. The van der Waals surface area contributed by atoms with Crippen LogP contribution in [-0.4, -0.2) is 16.9 Å². The fourth-order valence-electron chi connectivity index (χ4n) is 1.35. The standard InChI is InChI=1S/C11H15Br2ClN2/c1-7(2)3-9(14)6-16-11-10(13)4-8(12)5-15-11/h4-5,7,9H,3,6H2,1-2H3,(H,15,16). The highest BCUT2D eigenvalue weighted by atomic mass is 79.9. The van der Waals surface area contributed by atoms with Crippen molar-refractivity contribution in [2.45, 2.75) is 25.6 Å². The molecule has 5 heteroatoms. The van der Waals surface area contributed by atoms with E-state index in [-0.39, 0.29) is 5.38 Å². The number of nitrogens with one attached hydrogen (secondary N) is 1. The highest BCUT2D eigenvalue weighted by molar-refractivity contribution is 9.11. The molecular weight excluding hydrogens is 355 g/mol. The van der Waals surface area contributed by atoms with Crippen LogP contribution >= 0.6 is 43.5 Å². The largest absolute Gasteiger partial charge is 0.368 e. The SMILES string of the molecule is CC(C)CC(Cl)CNc1ncc(Br)cc1Br. The van der Waals surface area contributed by atoms with E-state index in [0.717, 1.165) is 27.7 Å². The maximum atomic E-state index is 6.19. The monoisotopic (exact) mass is 368 g/mol. The Balaban J connectivity index is 2.48. The van der Waals surface area contributed by atoms with Gasteiger partial charge in [-0.25, -0.2) is 4.98 Å². The Bertz CT molecular complexity index is 345. The molecule has 1 aromatic heterocycles. The molecule has 1 rings (SSSR count). The fourth-order valence-corrected chi connectivity index (χ4v) is 2.91. The maximum Gasteiger partial charge on any atom is 0.140 e. The van der Waals surface area contributed by atoms with Crippen molar-refractivity contribution in [2.24, 2.45) is 5.92 Å². The van der Waals surface area contributed by atoms with E-state index in [1.54, 1.807) is 6.20 Å². The Kier molecular flexibility index (Phi) is 6.08. The van der Waals surface area contributed by atoms with Gasteiger partial charge in [0.25, 0.3) is 0 Å². The second-order valence-electron chi connectivity index (χ2n) is 4.09. The maximum absolute atomic E-state index is 6.19. The number of hydrogen-bond donors (Lipinski definition) is 1. The average Bonchev–Trinajstić information content (AvgIpc) is 2.15. The molecule has 90 valence electrons. The van der Waals surface area contributed by atoms with Gasteiger partial charge in [0.1, 0.15) is 5.82 Å². The second-order valence-corrected chi connectivity index (χ2v) is 6.48. The van der Waals surface area contributed by atoms with Crippen molar-refractivity contribution in [3.05, 3.63) is 21.2 Å². The first kappa shape index (κ1) is 14.3. The molecule has 0 saturated heterocycles. The third kappa shape index (κ3) is 5.02. The number of alkyl halides is 1. The molecule has 1 atom stereocenters. The van der Waals surface area contributed by atoms with Crippen molar-refractivity contribution in [3.63, 3.8) is 0 Å². The lowest BCUT2D eigenvalue weighted by Gasteiger charge is -2.14. The molecule has 0 amide bonds. The van der Waals surface area contributed by atoms with Crippen LogP contribution in [-0.2, 0) is 0 Å². The van der Waals surface area contributed by atoms with Gasteiger partial charge in [-0.05, 0) is 50.3 Å². The lowest BCUT2D eigenvalue weighted by molar-refractivity contribution is 0.572. The van der Waals surface area contributed by atoms with Crippen molar-refractivity contribution in [1.82, 2.24) is 4.98 Å². The zero-order chi connectivity index (χ0) is 12.1. The molecule has 0 bridgehead atoms. The summed E-state index contributed by atoms with van der Waals surface area (Å²) in [4.78, 5) is 4.27. The van der Waals surface area contributed by atoms with E-state index >= 15 is 0 Å². The van der Waals surface area contributed by atoms with Gasteiger partial charge in [0.15, 0.2) is 0 Å². The van der Waals surface area contributed by atoms with Crippen LogP contribution in [0.5, 0.6) is 0 Å². The Morgan fingerprint density at radius 1 is 1.44 bits per heavy atom. The second kappa shape index (κ2) is 6.82. The number of halogens is 3. The third-order valence-corrected chi connectivity index (χ3v) is 3.40. The fraction of sp³-hybridized carbons (Fsp3) is 0.545. The summed E-state index contributed by atoms with van der Waals surface area (Å²) < 4.78 is 1.89. The van der Waals surface area contributed by atoms with Crippen LogP contribution in [0, 0.1) is 5.92 Å². The quantitative estimate of drug-likeness (QED) is 0.762. The van der Waals surface area contributed by atoms with E-state index in [1.807, 2.05) is 6.07 Å². The molecule has 1 N–H and O–H groups in total. The molecule has 0 radical (unpaired) electrons. The van der Waals surface area contributed by atoms with E-state index < -0.39 is 0 Å². The first-order valence-corrected chi connectivity index (χ1v) is 7.20. The van der Waals surface area contributed by atoms with Crippen LogP contribution in [0.25, 0.3) is 0 Å². The van der Waals surface area contributed by atoms with Crippen LogP contribution in [0.15, 0.2) is 21.2 Å². The molecule has 1 unspecified atom stereocenters. The lowest BCUT2D eigenvalue weighted by Crippen LogP contribution is -2.17. The summed E-state index contributed by atoms with van der Waals surface area (Å²) >= 11 is 13.0. The van der Waals surface area contributed by atoms with E-state index in [1.165, 1.54) is 0 Å². The number of aromatic nitrogens is 1. The number of rotatable bonds is 5. The van der Waals surface area contributed by atoms with Crippen LogP contribution < -0.4 is 5.32 Å². The molecule has 0 fully saturated rings. The van der Waals surface area contributed by atoms with E-state index in [9.17, 15) is 0 Å². The summed E-state index contributed by atoms with van der Waals surface area (Å²) in [5.74, 6) is 1.45. The minimum Gasteiger partial charge on any atom is -0.368 e. The van der Waals surface area contributed by atoms with Gasteiger partial charge in [-0.15, -0.1) is 11.6 Å². The smallest absolute Gasteiger partial charge is 0.140 e. The number of hydrogen-bond acceptors (Lipinski definition) is 2. The first-order chi connectivity index (χ1) is 7.49. The lowest BCUT2D eigenvalue weighted by atomic mass is 10.1. The van der Waals surface area contributed by atoms with E-state index in [4.69, 9.17) is 11.6 Å². The van der Waals surface area contributed by atoms with E-state index in [2.05, 4.69) is 56.0 Å². The van der Waals surface area contributed by atoms with Gasteiger partial charge in [0, 0.05) is 17.2 Å². The zero-order valence-electron chi connectivity index (χ0n) is 9.30. The molecule has 1 heterocycles. The normalized spacial score (nSPS) is 12.9. The zero-order valence-corrected chi connectivity index (χ0v) is 13.2. The summed E-state index contributed by atoms with van der Waals surface area (Å²) in [5, 5.41) is 3.37. The molecular formula is C11H15Br2ClN2. The molecule has 0 saturated carbocycles. The highest BCUT2D eigenvalue weighted by Crippen LogP contribution is 2.23. The van der Waals surface area contributed by atoms with Gasteiger partial charge in [-0.1, -0.05) is 13.8 Å². The van der Waals surface area contributed by atoms with Gasteiger partial charge >= 0.3 is 0 Å². The van der Waals surface area contributed by atoms with E-state index in [0.29, 0.717) is 5.92 Å². The van der Waals surface area contributed by atoms with Crippen molar-refractivity contribution in [3.8, 4) is 0 Å². The Morgan fingerprint density at radius 2 is 2.12 bits per heavy atom. The Morgan fingerprint density at radius 3 is 2.69 bits per heavy atom. The molecule has 0 spiro atoms. The number of pyridine rings is 1. The van der Waals surface area contributed by atoms with Crippen molar-refractivity contribution in [2.75, 3.05) is 11.9 Å². The average molecular weight is 371 g/mol. The summed E-state index contributed by atoms with van der Waals surface area (Å²) in [6.45, 7) is 5.07. The van der Waals surface area contributed by atoms with Gasteiger partial charge in [0.05, 0.1) is 9.85 Å². The Hall–Kier alpha value is 0.200. The predicted molar refractivity (Wildman–Crippen MR) is 77.2 cm³/mol. The summed E-state index contributed by atoms with van der Waals surface area (Å²) in [7, 11) is 0. The summed E-state index contributed by atoms with van der Waals surface area (Å²) in [6.07, 6.45) is 2.77. The van der Waals surface area contributed by atoms with Crippen LogP contribution in [0.1, 0.15) is 20.3 Å². The molecule has 2 nitrogen and oxygen atoms in total. The molecule has 0 aromatic carbocycles. The number of nitrogens with zero attached hydrogens (tertiary/aromatic N) is 1. The topological polar surface area (TPSA) is 24.9 Å². The van der Waals surface area contributed by atoms with Gasteiger partial charge < -0.3 is 5.32 Å². The van der Waals surface area contributed by atoms with Crippen LogP contribution in [0.2, 0.25) is 0 Å². The highest BCUT2D eigenvalue weighted by Gasteiger charge is 2.08. The van der Waals surface area contributed by atoms with Crippen LogP contribution in [0.3, 0.4) is 0 Å². The minimum absolute atomic E-state index is 0.136. The van der Waals surface area contributed by atoms with Gasteiger partial charge in [0.2, 0.25) is 0 Å². The Labute approximate surface area is 118 Å². The van der Waals surface area contributed by atoms with Crippen LogP contribution in [0.4, 0.5) is 5.82 Å². The summed E-state index contributed by atoms with van der Waals surface area (Å²) in [5.41, 5.74) is 0. The van der Waals surface area contributed by atoms with Crippen molar-refractivity contribution < 1.29 is 0 Å². The predicted octanol–water partition coefficient (Wildman–Crippen LogP) is 4.67. The third-order valence-electron chi connectivity index (χ3n) is 2.03. The van der Waals surface area contributed by atoms with Crippen molar-refractivity contribution in [1.29, 1.82) is 0 Å². The first-order valence-electron chi connectivity index (χ1n) is 5.18. The summed E-state index contributed by atoms with van der Waals surface area (Å²) in [6, 6.07) is 1.96. The van der Waals surface area contributed by atoms with Gasteiger partial charge in [-0.3, -0.25) is 0 Å².